The third-order valence-electron chi connectivity index (χ3n) is 6.24. The molecule has 1 unspecified atom stereocenters. The fourth-order valence-electron chi connectivity index (χ4n) is 3.88. The molecule has 1 aliphatic heterocycles. The van der Waals surface area contributed by atoms with Crippen LogP contribution in [-0.4, -0.2) is 44.8 Å². The van der Waals surface area contributed by atoms with Gasteiger partial charge in [-0.15, -0.1) is 10.2 Å². The highest BCUT2D eigenvalue weighted by molar-refractivity contribution is 8.00. The predicted octanol–water partition coefficient (Wildman–Crippen LogP) is 4.81. The van der Waals surface area contributed by atoms with Crippen LogP contribution in [0.2, 0.25) is 0 Å². The zero-order chi connectivity index (χ0) is 22.8. The van der Waals surface area contributed by atoms with Gasteiger partial charge in [0.15, 0.2) is 10.9 Å². The van der Waals surface area contributed by atoms with Gasteiger partial charge < -0.3 is 10.2 Å². The molecular weight excluding hydrogens is 422 g/mol. The molecule has 4 rings (SSSR count). The van der Waals surface area contributed by atoms with Crippen molar-refractivity contribution in [1.82, 2.24) is 14.8 Å². The van der Waals surface area contributed by atoms with Crippen molar-refractivity contribution in [3.05, 3.63) is 29.8 Å². The van der Waals surface area contributed by atoms with E-state index in [0.29, 0.717) is 17.3 Å². The maximum absolute atomic E-state index is 13.1. The minimum absolute atomic E-state index is 0.0358. The average Bonchev–Trinajstić information content (AvgIpc) is 3.54. The van der Waals surface area contributed by atoms with E-state index >= 15 is 0 Å². The van der Waals surface area contributed by atoms with Crippen LogP contribution in [0, 0.1) is 11.8 Å². The molecule has 2 aliphatic rings. The molecule has 2 heterocycles. The Morgan fingerprint density at radius 1 is 1.03 bits per heavy atom. The van der Waals surface area contributed by atoms with Crippen LogP contribution in [0.15, 0.2) is 29.4 Å². The Morgan fingerprint density at radius 2 is 1.69 bits per heavy atom. The van der Waals surface area contributed by atoms with Crippen molar-refractivity contribution in [2.24, 2.45) is 11.8 Å². The number of nitrogens with one attached hydrogen (secondary N) is 1. The number of Topliss-reactive ketones (excluding diaryl/α,β-unsaturated/α-hetero) is 1. The number of rotatable bonds is 8. The summed E-state index contributed by atoms with van der Waals surface area (Å²) in [6, 6.07) is 7.58. The second-order valence-electron chi connectivity index (χ2n) is 9.40. The third kappa shape index (κ3) is 5.17. The summed E-state index contributed by atoms with van der Waals surface area (Å²) in [5.41, 5.74) is 1.34. The SMILES string of the molecule is CC1CCN(c2nnc(SC(C)C(=O)c3ccc(NC(=O)C(C)C)cc3)n2C2CC2)CC1. The van der Waals surface area contributed by atoms with Gasteiger partial charge in [0.05, 0.1) is 5.25 Å². The number of aromatic nitrogens is 3. The number of thioether (sulfide) groups is 1. The topological polar surface area (TPSA) is 80.1 Å². The van der Waals surface area contributed by atoms with E-state index in [1.54, 1.807) is 24.3 Å². The molecule has 2 aromatic rings. The van der Waals surface area contributed by atoms with Gasteiger partial charge in [-0.25, -0.2) is 0 Å². The number of piperidine rings is 1. The van der Waals surface area contributed by atoms with Crippen LogP contribution < -0.4 is 10.2 Å². The van der Waals surface area contributed by atoms with Crippen LogP contribution in [0.1, 0.15) is 69.8 Å². The number of anilines is 2. The summed E-state index contributed by atoms with van der Waals surface area (Å²) in [4.78, 5) is 27.3. The number of ketones is 1. The maximum atomic E-state index is 13.1. The number of carbonyl (C=O) groups excluding carboxylic acids is 2. The van der Waals surface area contributed by atoms with E-state index in [4.69, 9.17) is 0 Å². The summed E-state index contributed by atoms with van der Waals surface area (Å²) in [6.45, 7) is 9.97. The van der Waals surface area contributed by atoms with Crippen LogP contribution in [0.3, 0.4) is 0 Å². The molecule has 1 atom stereocenters. The number of nitrogens with zero attached hydrogens (tertiary/aromatic N) is 4. The van der Waals surface area contributed by atoms with Gasteiger partial charge in [0.25, 0.3) is 0 Å². The number of amides is 1. The number of benzene rings is 1. The van der Waals surface area contributed by atoms with Crippen LogP contribution in [0.5, 0.6) is 0 Å². The molecule has 1 aromatic heterocycles. The molecule has 1 N–H and O–H groups in total. The molecule has 0 radical (unpaired) electrons. The highest BCUT2D eigenvalue weighted by Gasteiger charge is 2.33. The van der Waals surface area contributed by atoms with Crippen molar-refractivity contribution in [2.45, 2.75) is 69.8 Å². The van der Waals surface area contributed by atoms with Gasteiger partial charge in [0.2, 0.25) is 11.9 Å². The van der Waals surface area contributed by atoms with Crippen molar-refractivity contribution >= 4 is 35.1 Å². The summed E-state index contributed by atoms with van der Waals surface area (Å²) >= 11 is 1.49. The van der Waals surface area contributed by atoms with Crippen molar-refractivity contribution in [3.8, 4) is 0 Å². The van der Waals surface area contributed by atoms with Gasteiger partial charge in [-0.3, -0.25) is 14.2 Å². The minimum atomic E-state index is -0.276. The molecule has 1 saturated carbocycles. The van der Waals surface area contributed by atoms with E-state index in [1.807, 2.05) is 20.8 Å². The molecule has 0 spiro atoms. The number of hydrogen-bond donors (Lipinski definition) is 1. The first kappa shape index (κ1) is 22.8. The van der Waals surface area contributed by atoms with Crippen molar-refractivity contribution in [1.29, 1.82) is 0 Å². The first-order chi connectivity index (χ1) is 15.3. The Balaban J connectivity index is 1.44. The van der Waals surface area contributed by atoms with E-state index in [-0.39, 0.29) is 22.9 Å². The third-order valence-corrected chi connectivity index (χ3v) is 7.29. The van der Waals surface area contributed by atoms with Gasteiger partial charge >= 0.3 is 0 Å². The van der Waals surface area contributed by atoms with Crippen molar-refractivity contribution in [3.63, 3.8) is 0 Å². The quantitative estimate of drug-likeness (QED) is 0.455. The van der Waals surface area contributed by atoms with Crippen LogP contribution in [0.25, 0.3) is 0 Å². The summed E-state index contributed by atoms with van der Waals surface area (Å²) in [7, 11) is 0. The number of hydrogen-bond acceptors (Lipinski definition) is 6. The van der Waals surface area contributed by atoms with E-state index < -0.39 is 0 Å². The summed E-state index contributed by atoms with van der Waals surface area (Å²) < 4.78 is 2.26. The maximum Gasteiger partial charge on any atom is 0.228 e. The summed E-state index contributed by atoms with van der Waals surface area (Å²) in [6.07, 6.45) is 4.66. The largest absolute Gasteiger partial charge is 0.341 e. The Hall–Kier alpha value is -2.35. The lowest BCUT2D eigenvalue weighted by Gasteiger charge is -2.31. The molecule has 8 heteroatoms. The summed E-state index contributed by atoms with van der Waals surface area (Å²) in [5.74, 6) is 1.66. The molecule has 1 amide bonds. The van der Waals surface area contributed by atoms with Gasteiger partial charge in [-0.05, 0) is 62.8 Å². The zero-order valence-electron chi connectivity index (χ0n) is 19.4. The first-order valence-corrected chi connectivity index (χ1v) is 12.5. The number of carbonyl (C=O) groups is 2. The van der Waals surface area contributed by atoms with E-state index in [1.165, 1.54) is 24.6 Å². The lowest BCUT2D eigenvalue weighted by atomic mass is 10.00. The van der Waals surface area contributed by atoms with E-state index in [0.717, 1.165) is 43.0 Å². The van der Waals surface area contributed by atoms with E-state index in [2.05, 4.69) is 31.9 Å². The molecule has 2 fully saturated rings. The monoisotopic (exact) mass is 455 g/mol. The molecule has 32 heavy (non-hydrogen) atoms. The Kier molecular flexibility index (Phi) is 6.88. The Labute approximate surface area is 194 Å². The van der Waals surface area contributed by atoms with Crippen LogP contribution >= 0.6 is 11.8 Å². The smallest absolute Gasteiger partial charge is 0.228 e. The normalized spacial score (nSPS) is 18.1. The second-order valence-corrected chi connectivity index (χ2v) is 10.7. The van der Waals surface area contributed by atoms with Crippen molar-refractivity contribution in [2.75, 3.05) is 23.3 Å². The molecule has 1 aromatic carbocycles. The van der Waals surface area contributed by atoms with E-state index in [9.17, 15) is 9.59 Å². The molecular formula is C24H33N5O2S. The molecule has 172 valence electrons. The first-order valence-electron chi connectivity index (χ1n) is 11.6. The van der Waals surface area contributed by atoms with Gasteiger partial charge in [0.1, 0.15) is 0 Å². The Morgan fingerprint density at radius 3 is 2.28 bits per heavy atom. The molecule has 1 aliphatic carbocycles. The highest BCUT2D eigenvalue weighted by atomic mass is 32.2. The van der Waals surface area contributed by atoms with Gasteiger partial charge in [-0.1, -0.05) is 32.5 Å². The summed E-state index contributed by atoms with van der Waals surface area (Å²) in [5, 5.41) is 12.4. The fourth-order valence-corrected chi connectivity index (χ4v) is 4.87. The molecule has 7 nitrogen and oxygen atoms in total. The zero-order valence-corrected chi connectivity index (χ0v) is 20.2. The molecule has 0 bridgehead atoms. The second kappa shape index (κ2) is 9.65. The van der Waals surface area contributed by atoms with Crippen molar-refractivity contribution < 1.29 is 9.59 Å². The minimum Gasteiger partial charge on any atom is -0.341 e. The predicted molar refractivity (Wildman–Crippen MR) is 128 cm³/mol. The molecule has 1 saturated heterocycles. The Bertz CT molecular complexity index is 959. The van der Waals surface area contributed by atoms with Gasteiger partial charge in [-0.2, -0.15) is 0 Å². The highest BCUT2D eigenvalue weighted by Crippen LogP contribution is 2.42. The van der Waals surface area contributed by atoms with Crippen LogP contribution in [-0.2, 0) is 4.79 Å². The van der Waals surface area contributed by atoms with Gasteiger partial charge in [0, 0.05) is 36.3 Å². The van der Waals surface area contributed by atoms with Crippen LogP contribution in [0.4, 0.5) is 11.6 Å². The standard InChI is InChI=1S/C24H33N5O2S/c1-15(2)22(31)25-19-7-5-18(6-8-19)21(30)17(4)32-24-27-26-23(29(24)20-9-10-20)28-13-11-16(3)12-14-28/h5-8,15-17,20H,9-14H2,1-4H3,(H,25,31). The fraction of sp³-hybridized carbons (Fsp3) is 0.583. The average molecular weight is 456 g/mol. The lowest BCUT2D eigenvalue weighted by molar-refractivity contribution is -0.118. The lowest BCUT2D eigenvalue weighted by Crippen LogP contribution is -2.34.